The third kappa shape index (κ3) is 3.16. The van der Waals surface area contributed by atoms with E-state index in [0.717, 1.165) is 29.6 Å². The van der Waals surface area contributed by atoms with Gasteiger partial charge in [-0.1, -0.05) is 111 Å². The molecule has 4 aromatic carbocycles. The Labute approximate surface area is 228 Å². The Morgan fingerprint density at radius 1 is 0.579 bits per heavy atom. The SMILES string of the molecule is CC(C)c1ccc2c(c1)C(c1ccccc1)(c1ccc(C3C4CC5CC(C4)CC3C5)cc1)c1ccccc1-2. The number of hydrogen-bond donors (Lipinski definition) is 0. The average molecular weight is 495 g/mol. The van der Waals surface area contributed by atoms with Crippen molar-refractivity contribution in [3.05, 3.63) is 130 Å². The second-order valence-corrected chi connectivity index (χ2v) is 13.2. The summed E-state index contributed by atoms with van der Waals surface area (Å²) in [5, 5.41) is 0. The van der Waals surface area contributed by atoms with Gasteiger partial charge in [0.1, 0.15) is 0 Å². The van der Waals surface area contributed by atoms with Crippen LogP contribution in [-0.4, -0.2) is 0 Å². The van der Waals surface area contributed by atoms with Gasteiger partial charge in [-0.25, -0.2) is 0 Å². The van der Waals surface area contributed by atoms with Crippen LogP contribution in [0.4, 0.5) is 0 Å². The zero-order valence-corrected chi connectivity index (χ0v) is 22.7. The lowest BCUT2D eigenvalue weighted by atomic mass is 9.50. The van der Waals surface area contributed by atoms with Crippen LogP contribution in [0.15, 0.2) is 97.1 Å². The minimum atomic E-state index is -0.291. The minimum absolute atomic E-state index is 0.291. The normalized spacial score (nSPS) is 30.4. The lowest BCUT2D eigenvalue weighted by molar-refractivity contribution is -0.00278. The standard InChI is InChI=1S/C38H38/c1-24(2)28-14-17-34-33-10-6-7-11-35(33)38(36(34)23-28,31-8-4-3-5-9-31)32-15-12-27(13-16-32)37-29-19-25-18-26(21-29)22-30(37)20-25/h3-17,23-26,29-30,37H,18-22H2,1-2H3. The van der Waals surface area contributed by atoms with Crippen LogP contribution in [-0.2, 0) is 5.41 Å². The van der Waals surface area contributed by atoms with Gasteiger partial charge in [0.15, 0.2) is 0 Å². The van der Waals surface area contributed by atoms with Gasteiger partial charge in [-0.05, 0) is 112 Å². The fraction of sp³-hybridized carbons (Fsp3) is 0.368. The first-order valence-corrected chi connectivity index (χ1v) is 15.0. The Balaban J connectivity index is 1.32. The van der Waals surface area contributed by atoms with Gasteiger partial charge in [-0.15, -0.1) is 0 Å². The first-order valence-electron chi connectivity index (χ1n) is 15.0. The summed E-state index contributed by atoms with van der Waals surface area (Å²) < 4.78 is 0. The molecule has 0 saturated heterocycles. The highest BCUT2D eigenvalue weighted by molar-refractivity contribution is 5.86. The molecule has 0 aromatic heterocycles. The maximum atomic E-state index is 2.53. The van der Waals surface area contributed by atoms with Crippen molar-refractivity contribution in [1.82, 2.24) is 0 Å². The summed E-state index contributed by atoms with van der Waals surface area (Å²) in [6, 6.07) is 37.7. The molecule has 0 heterocycles. The molecule has 190 valence electrons. The molecule has 9 rings (SSSR count). The maximum Gasteiger partial charge on any atom is 0.0713 e. The average Bonchev–Trinajstić information content (AvgIpc) is 3.24. The first-order chi connectivity index (χ1) is 18.6. The summed E-state index contributed by atoms with van der Waals surface area (Å²) in [5.74, 6) is 5.16. The molecule has 4 saturated carbocycles. The Kier molecular flexibility index (Phi) is 5.07. The van der Waals surface area contributed by atoms with Crippen LogP contribution in [0.1, 0.15) is 91.2 Å². The van der Waals surface area contributed by atoms with Crippen molar-refractivity contribution in [2.45, 2.75) is 63.2 Å². The summed E-state index contributed by atoms with van der Waals surface area (Å²) in [4.78, 5) is 0. The summed E-state index contributed by atoms with van der Waals surface area (Å²) in [7, 11) is 0. The van der Waals surface area contributed by atoms with Crippen molar-refractivity contribution in [3.8, 4) is 11.1 Å². The van der Waals surface area contributed by atoms with E-state index in [0.29, 0.717) is 5.92 Å². The van der Waals surface area contributed by atoms with Crippen molar-refractivity contribution in [2.24, 2.45) is 23.7 Å². The van der Waals surface area contributed by atoms with Crippen molar-refractivity contribution >= 4 is 0 Å². The van der Waals surface area contributed by atoms with Crippen molar-refractivity contribution < 1.29 is 0 Å². The van der Waals surface area contributed by atoms with Crippen LogP contribution >= 0.6 is 0 Å². The van der Waals surface area contributed by atoms with Gasteiger partial charge in [-0.2, -0.15) is 0 Å². The van der Waals surface area contributed by atoms with Gasteiger partial charge in [0.05, 0.1) is 5.41 Å². The molecule has 0 heteroatoms. The molecule has 0 radical (unpaired) electrons. The molecule has 4 aromatic rings. The Bertz CT molecular complexity index is 1460. The predicted octanol–water partition coefficient (Wildman–Crippen LogP) is 9.71. The second-order valence-electron chi connectivity index (χ2n) is 13.2. The highest BCUT2D eigenvalue weighted by Gasteiger charge is 2.49. The van der Waals surface area contributed by atoms with Crippen molar-refractivity contribution in [1.29, 1.82) is 0 Å². The zero-order chi connectivity index (χ0) is 25.4. The highest BCUT2D eigenvalue weighted by atomic mass is 14.5. The molecule has 0 spiro atoms. The molecule has 0 N–H and O–H groups in total. The van der Waals surface area contributed by atoms with Gasteiger partial charge >= 0.3 is 0 Å². The number of rotatable bonds is 4. The third-order valence-electron chi connectivity index (χ3n) is 10.9. The molecule has 4 fully saturated rings. The molecule has 38 heavy (non-hydrogen) atoms. The Morgan fingerprint density at radius 3 is 1.87 bits per heavy atom. The van der Waals surface area contributed by atoms with E-state index >= 15 is 0 Å². The molecule has 1 unspecified atom stereocenters. The van der Waals surface area contributed by atoms with Crippen LogP contribution in [0.2, 0.25) is 0 Å². The number of benzene rings is 4. The van der Waals surface area contributed by atoms with E-state index in [1.807, 2.05) is 0 Å². The second kappa shape index (κ2) is 8.44. The molecule has 5 aliphatic rings. The van der Waals surface area contributed by atoms with E-state index in [9.17, 15) is 0 Å². The van der Waals surface area contributed by atoms with E-state index in [1.165, 1.54) is 71.0 Å². The predicted molar refractivity (Wildman–Crippen MR) is 158 cm³/mol. The molecule has 0 amide bonds. The molecule has 0 aliphatic heterocycles. The van der Waals surface area contributed by atoms with Gasteiger partial charge in [0.25, 0.3) is 0 Å². The minimum Gasteiger partial charge on any atom is -0.0622 e. The molecule has 0 nitrogen and oxygen atoms in total. The largest absolute Gasteiger partial charge is 0.0713 e. The van der Waals surface area contributed by atoms with Crippen LogP contribution < -0.4 is 0 Å². The number of hydrogen-bond acceptors (Lipinski definition) is 0. The van der Waals surface area contributed by atoms with E-state index in [1.54, 1.807) is 5.56 Å². The molecular weight excluding hydrogens is 456 g/mol. The van der Waals surface area contributed by atoms with Gasteiger partial charge < -0.3 is 0 Å². The molecule has 5 aliphatic carbocycles. The first kappa shape index (κ1) is 22.8. The fourth-order valence-corrected chi connectivity index (χ4v) is 9.56. The lowest BCUT2D eigenvalue weighted by Crippen LogP contribution is -2.43. The van der Waals surface area contributed by atoms with Crippen LogP contribution in [0, 0.1) is 23.7 Å². The van der Waals surface area contributed by atoms with Crippen LogP contribution in [0.5, 0.6) is 0 Å². The fourth-order valence-electron chi connectivity index (χ4n) is 9.56. The van der Waals surface area contributed by atoms with Gasteiger partial charge in [0.2, 0.25) is 0 Å². The van der Waals surface area contributed by atoms with Gasteiger partial charge in [-0.3, -0.25) is 0 Å². The maximum absolute atomic E-state index is 2.53. The molecule has 1 atom stereocenters. The summed E-state index contributed by atoms with van der Waals surface area (Å²) in [6.45, 7) is 4.63. The summed E-state index contributed by atoms with van der Waals surface area (Å²) in [5.41, 5.74) is 11.1. The van der Waals surface area contributed by atoms with Gasteiger partial charge in [0, 0.05) is 0 Å². The van der Waals surface area contributed by atoms with E-state index in [4.69, 9.17) is 0 Å². The molecular formula is C38H38. The molecule has 4 bridgehead atoms. The van der Waals surface area contributed by atoms with Crippen molar-refractivity contribution in [3.63, 3.8) is 0 Å². The summed E-state index contributed by atoms with van der Waals surface area (Å²) >= 11 is 0. The lowest BCUT2D eigenvalue weighted by Gasteiger charge is -2.54. The quantitative estimate of drug-likeness (QED) is 0.233. The Morgan fingerprint density at radius 2 is 1.18 bits per heavy atom. The van der Waals surface area contributed by atoms with Crippen LogP contribution in [0.3, 0.4) is 0 Å². The monoisotopic (exact) mass is 494 g/mol. The topological polar surface area (TPSA) is 0 Å². The Hall–Kier alpha value is -3.12. The third-order valence-corrected chi connectivity index (χ3v) is 10.9. The smallest absolute Gasteiger partial charge is 0.0622 e. The summed E-state index contributed by atoms with van der Waals surface area (Å²) in [6.07, 6.45) is 7.44. The number of fused-ring (bicyclic) bond motifs is 3. The van der Waals surface area contributed by atoms with E-state index < -0.39 is 0 Å². The van der Waals surface area contributed by atoms with Crippen molar-refractivity contribution in [2.75, 3.05) is 0 Å². The van der Waals surface area contributed by atoms with E-state index in [2.05, 4.69) is 111 Å². The van der Waals surface area contributed by atoms with Crippen LogP contribution in [0.25, 0.3) is 11.1 Å². The van der Waals surface area contributed by atoms with E-state index in [-0.39, 0.29) is 5.41 Å². The highest BCUT2D eigenvalue weighted by Crippen LogP contribution is 2.60. The zero-order valence-electron chi connectivity index (χ0n) is 22.7.